The molecular weight excluding hydrogens is 272 g/mol. The lowest BCUT2D eigenvalue weighted by molar-refractivity contribution is 1.03. The zero-order valence-corrected chi connectivity index (χ0v) is 11.4. The monoisotopic (exact) mass is 284 g/mol. The second-order valence-electron chi connectivity index (χ2n) is 2.53. The normalized spacial score (nSPS) is 29.2. The van der Waals surface area contributed by atoms with E-state index in [0.29, 0.717) is 10.3 Å². The molecule has 0 unspecified atom stereocenters. The summed E-state index contributed by atoms with van der Waals surface area (Å²) < 4.78 is 0. The molecular formula is C8H12N8S2. The number of nitrogens with one attached hydrogen (secondary N) is 2. The van der Waals surface area contributed by atoms with Crippen LogP contribution in [0.3, 0.4) is 0 Å². The van der Waals surface area contributed by atoms with Crippen molar-refractivity contribution in [2.24, 2.45) is 30.6 Å². The molecule has 0 saturated heterocycles. The fourth-order valence-corrected chi connectivity index (χ4v) is 1.25. The van der Waals surface area contributed by atoms with Gasteiger partial charge in [0.15, 0.2) is 0 Å². The summed E-state index contributed by atoms with van der Waals surface area (Å²) in [5.41, 5.74) is 5.42. The molecule has 0 aliphatic carbocycles. The van der Waals surface area contributed by atoms with Crippen molar-refractivity contribution in [3.8, 4) is 0 Å². The second-order valence-corrected chi connectivity index (χ2v) is 4.12. The van der Waals surface area contributed by atoms with Crippen LogP contribution in [0.15, 0.2) is 30.6 Å². The number of thioether (sulfide) groups is 2. The molecule has 0 atom stereocenters. The molecule has 0 aromatic rings. The molecule has 0 spiro atoms. The second kappa shape index (κ2) is 9.36. The molecule has 18 heavy (non-hydrogen) atoms. The Hall–Kier alpha value is -1.68. The lowest BCUT2D eigenvalue weighted by Crippen LogP contribution is -2.14. The van der Waals surface area contributed by atoms with Crippen LogP contribution in [0.4, 0.5) is 0 Å². The standard InChI is InChI=1S/C8H12N8S2/c1-17-7-13-9-3-5-11-15-8(18-2)16-12-6-4-10-14-7/h3-6H,1-2H3,(H,13,14)(H,15,16)/b9-3-,10-4+,11-5+,12-6-. The molecule has 1 aliphatic heterocycles. The molecule has 10 heteroatoms. The van der Waals surface area contributed by atoms with E-state index < -0.39 is 0 Å². The van der Waals surface area contributed by atoms with Gasteiger partial charge >= 0.3 is 0 Å². The third-order valence-corrected chi connectivity index (χ3v) is 2.54. The first kappa shape index (κ1) is 14.4. The molecule has 1 rings (SSSR count). The van der Waals surface area contributed by atoms with Gasteiger partial charge in [-0.25, -0.2) is 0 Å². The molecule has 0 bridgehead atoms. The van der Waals surface area contributed by atoms with Gasteiger partial charge in [-0.15, -0.1) is 10.2 Å². The van der Waals surface area contributed by atoms with Gasteiger partial charge in [0.05, 0.1) is 24.9 Å². The Labute approximate surface area is 113 Å². The number of amidine groups is 2. The highest BCUT2D eigenvalue weighted by molar-refractivity contribution is 8.13. The Morgan fingerprint density at radius 2 is 1.22 bits per heavy atom. The number of hydrogen-bond donors (Lipinski definition) is 2. The number of rotatable bonds is 0. The third kappa shape index (κ3) is 6.15. The predicted molar refractivity (Wildman–Crippen MR) is 82.1 cm³/mol. The molecule has 8 nitrogen and oxygen atoms in total. The van der Waals surface area contributed by atoms with Crippen molar-refractivity contribution < 1.29 is 0 Å². The molecule has 0 aromatic carbocycles. The van der Waals surface area contributed by atoms with E-state index in [4.69, 9.17) is 0 Å². The average Bonchev–Trinajstić information content (AvgIpc) is 2.41. The fourth-order valence-electron chi connectivity index (χ4n) is 0.700. The minimum atomic E-state index is 0.558. The van der Waals surface area contributed by atoms with Crippen molar-refractivity contribution in [3.63, 3.8) is 0 Å². The molecule has 0 saturated carbocycles. The van der Waals surface area contributed by atoms with Crippen LogP contribution < -0.4 is 10.9 Å². The summed E-state index contributed by atoms with van der Waals surface area (Å²) in [6.07, 6.45) is 9.54. The first-order valence-electron chi connectivity index (χ1n) is 4.72. The van der Waals surface area contributed by atoms with Crippen molar-refractivity contribution >= 4 is 58.7 Å². The van der Waals surface area contributed by atoms with Crippen molar-refractivity contribution in [2.45, 2.75) is 0 Å². The Balaban J connectivity index is 2.79. The molecule has 0 aromatic heterocycles. The summed E-state index contributed by atoms with van der Waals surface area (Å²) in [4.78, 5) is 0. The fraction of sp³-hybridized carbons (Fsp3) is 0.250. The number of nitrogens with zero attached hydrogens (tertiary/aromatic N) is 6. The third-order valence-electron chi connectivity index (χ3n) is 1.42. The van der Waals surface area contributed by atoms with Crippen LogP contribution >= 0.6 is 23.5 Å². The Bertz CT molecular complexity index is 383. The van der Waals surface area contributed by atoms with Crippen molar-refractivity contribution in [1.82, 2.24) is 10.9 Å². The lowest BCUT2D eigenvalue weighted by atomic mass is 10.8. The maximum atomic E-state index is 3.89. The van der Waals surface area contributed by atoms with Crippen molar-refractivity contribution in [3.05, 3.63) is 0 Å². The zero-order chi connectivity index (χ0) is 13.1. The number of hydrogen-bond acceptors (Lipinski definition) is 10. The first-order valence-corrected chi connectivity index (χ1v) is 7.17. The van der Waals surface area contributed by atoms with Crippen LogP contribution in [-0.4, -0.2) is 47.7 Å². The van der Waals surface area contributed by atoms with Crippen molar-refractivity contribution in [2.75, 3.05) is 12.5 Å². The van der Waals surface area contributed by atoms with E-state index in [0.717, 1.165) is 0 Å². The summed E-state index contributed by atoms with van der Waals surface area (Å²) >= 11 is 2.77. The van der Waals surface area contributed by atoms with E-state index in [9.17, 15) is 0 Å². The summed E-state index contributed by atoms with van der Waals surface area (Å²) in [5.74, 6) is 0. The molecule has 0 fully saturated rings. The molecule has 96 valence electrons. The molecule has 0 amide bonds. The lowest BCUT2D eigenvalue weighted by Gasteiger charge is -1.98. The van der Waals surface area contributed by atoms with Crippen molar-refractivity contribution in [1.29, 1.82) is 0 Å². The summed E-state index contributed by atoms with van der Waals surface area (Å²) in [5, 5.41) is 24.3. The van der Waals surface area contributed by atoms with E-state index in [1.165, 1.54) is 48.4 Å². The molecule has 1 aliphatic rings. The van der Waals surface area contributed by atoms with E-state index in [1.807, 2.05) is 12.5 Å². The Morgan fingerprint density at radius 1 is 0.778 bits per heavy atom. The summed E-state index contributed by atoms with van der Waals surface area (Å²) in [6, 6.07) is 0. The Kier molecular flexibility index (Phi) is 7.48. The molecule has 0 radical (unpaired) electrons. The van der Waals surface area contributed by atoms with E-state index in [-0.39, 0.29) is 0 Å². The molecule has 1 heterocycles. The van der Waals surface area contributed by atoms with Crippen LogP contribution in [0.25, 0.3) is 0 Å². The highest BCUT2D eigenvalue weighted by Crippen LogP contribution is 1.95. The van der Waals surface area contributed by atoms with E-state index in [1.54, 1.807) is 0 Å². The topological polar surface area (TPSA) is 98.2 Å². The van der Waals surface area contributed by atoms with Gasteiger partial charge in [-0.1, -0.05) is 23.5 Å². The van der Waals surface area contributed by atoms with Crippen LogP contribution in [0, 0.1) is 0 Å². The number of hydrazone groups is 2. The summed E-state index contributed by atoms with van der Waals surface area (Å²) in [7, 11) is 0. The van der Waals surface area contributed by atoms with Crippen LogP contribution in [0.1, 0.15) is 0 Å². The minimum absolute atomic E-state index is 0.558. The van der Waals surface area contributed by atoms with E-state index in [2.05, 4.69) is 41.5 Å². The quantitative estimate of drug-likeness (QED) is 0.679. The van der Waals surface area contributed by atoms with Crippen LogP contribution in [0.2, 0.25) is 0 Å². The minimum Gasteiger partial charge on any atom is -0.254 e. The Morgan fingerprint density at radius 3 is 1.61 bits per heavy atom. The summed E-state index contributed by atoms with van der Waals surface area (Å²) in [6.45, 7) is 0. The van der Waals surface area contributed by atoms with Gasteiger partial charge in [0.25, 0.3) is 0 Å². The van der Waals surface area contributed by atoms with Gasteiger partial charge in [-0.2, -0.15) is 20.4 Å². The zero-order valence-electron chi connectivity index (χ0n) is 9.81. The first-order chi connectivity index (χ1) is 8.86. The van der Waals surface area contributed by atoms with Crippen LogP contribution in [-0.2, 0) is 0 Å². The largest absolute Gasteiger partial charge is 0.254 e. The predicted octanol–water partition coefficient (Wildman–Crippen LogP) is 0.560. The highest BCUT2D eigenvalue weighted by Gasteiger charge is 1.92. The van der Waals surface area contributed by atoms with Gasteiger partial charge in [-0.05, 0) is 12.5 Å². The molecule has 2 N–H and O–H groups in total. The van der Waals surface area contributed by atoms with Gasteiger partial charge in [-0.3, -0.25) is 10.9 Å². The highest BCUT2D eigenvalue weighted by atomic mass is 32.2. The van der Waals surface area contributed by atoms with Gasteiger partial charge < -0.3 is 0 Å². The van der Waals surface area contributed by atoms with Crippen LogP contribution in [0.5, 0.6) is 0 Å². The SMILES string of the molecule is CS/C1=N/N=C/C=N\N\C(SC)=N/N=C/C=N\N1. The maximum absolute atomic E-state index is 3.89. The average molecular weight is 284 g/mol. The van der Waals surface area contributed by atoms with Gasteiger partial charge in [0.2, 0.25) is 10.3 Å². The van der Waals surface area contributed by atoms with Gasteiger partial charge in [0, 0.05) is 0 Å². The van der Waals surface area contributed by atoms with E-state index >= 15 is 0 Å². The van der Waals surface area contributed by atoms with Gasteiger partial charge in [0.1, 0.15) is 0 Å². The smallest absolute Gasteiger partial charge is 0.203 e. The maximum Gasteiger partial charge on any atom is 0.203 e.